The highest BCUT2D eigenvalue weighted by atomic mass is 35.5. The molecule has 8 rings (SSSR count). The summed E-state index contributed by atoms with van der Waals surface area (Å²) in [5.74, 6) is 0. The van der Waals surface area contributed by atoms with Gasteiger partial charge < -0.3 is 0 Å². The highest BCUT2D eigenvalue weighted by molar-refractivity contribution is 6.39. The van der Waals surface area contributed by atoms with Crippen LogP contribution in [0.4, 0.5) is 0 Å². The lowest BCUT2D eigenvalue weighted by molar-refractivity contribution is 1.19. The molecule has 3 nitrogen and oxygen atoms in total. The van der Waals surface area contributed by atoms with Gasteiger partial charge in [-0.2, -0.15) is 0 Å². The van der Waals surface area contributed by atoms with Gasteiger partial charge in [0, 0.05) is 37.7 Å². The molecule has 0 amide bonds. The fourth-order valence-corrected chi connectivity index (χ4v) is 6.32. The molecule has 0 atom stereocenters. The lowest BCUT2D eigenvalue weighted by Crippen LogP contribution is -2.14. The third kappa shape index (κ3) is 3.25. The molecule has 0 saturated heterocycles. The molecule has 6 aromatic carbocycles. The Bertz CT molecular complexity index is 2280. The van der Waals surface area contributed by atoms with Crippen LogP contribution in [0.3, 0.4) is 0 Å². The molecule has 0 saturated carbocycles. The molecule has 0 unspecified atom stereocenters. The quantitative estimate of drug-likeness (QED) is 0.227. The summed E-state index contributed by atoms with van der Waals surface area (Å²) in [6.07, 6.45) is 0. The summed E-state index contributed by atoms with van der Waals surface area (Å²) in [5, 5.41) is 3.88. The molecule has 0 aliphatic heterocycles. The first-order chi connectivity index (χ1) is 19.7. The fourth-order valence-electron chi connectivity index (χ4n) is 6.06. The topological polar surface area (TPSA) is 34.4 Å². The van der Waals surface area contributed by atoms with Gasteiger partial charge in [0.1, 0.15) is 5.65 Å². The largest absolute Gasteiger partial charge is 0.268 e. The second-order valence-electron chi connectivity index (χ2n) is 10.0. The highest BCUT2D eigenvalue weighted by Gasteiger charge is 2.23. The molecule has 188 valence electrons. The summed E-state index contributed by atoms with van der Waals surface area (Å²) in [6.45, 7) is 0. The minimum Gasteiger partial charge on any atom is -0.268 e. The number of aromatic nitrogens is 2. The number of fused-ring (bicyclic) bond motifs is 4. The zero-order valence-corrected chi connectivity index (χ0v) is 22.1. The van der Waals surface area contributed by atoms with Gasteiger partial charge in [0.2, 0.25) is 0 Å². The van der Waals surface area contributed by atoms with Gasteiger partial charge in [-0.3, -0.25) is 9.20 Å². The Labute approximate surface area is 234 Å². The van der Waals surface area contributed by atoms with Gasteiger partial charge in [0.05, 0.1) is 11.0 Å². The van der Waals surface area contributed by atoms with Crippen molar-refractivity contribution in [3.05, 3.63) is 143 Å². The van der Waals surface area contributed by atoms with Crippen molar-refractivity contribution in [2.75, 3.05) is 0 Å². The summed E-state index contributed by atoms with van der Waals surface area (Å²) in [7, 11) is 0. The number of hydrogen-bond acceptors (Lipinski definition) is 2. The molecular weight excluding hydrogens is 512 g/mol. The normalized spacial score (nSPS) is 11.7. The first-order valence-corrected chi connectivity index (χ1v) is 13.6. The second-order valence-corrected chi connectivity index (χ2v) is 10.4. The maximum atomic E-state index is 14.4. The minimum atomic E-state index is -0.0979. The average Bonchev–Trinajstić information content (AvgIpc) is 3.42. The van der Waals surface area contributed by atoms with Crippen LogP contribution in [-0.2, 0) is 0 Å². The van der Waals surface area contributed by atoms with Crippen molar-refractivity contribution in [2.24, 2.45) is 0 Å². The van der Waals surface area contributed by atoms with Crippen LogP contribution in [0.1, 0.15) is 0 Å². The van der Waals surface area contributed by atoms with Crippen LogP contribution in [0.2, 0.25) is 5.02 Å². The number of imidazole rings is 1. The van der Waals surface area contributed by atoms with Crippen LogP contribution in [0, 0.1) is 0 Å². The van der Waals surface area contributed by atoms with Crippen molar-refractivity contribution >= 4 is 49.8 Å². The van der Waals surface area contributed by atoms with Gasteiger partial charge >= 0.3 is 0 Å². The molecule has 0 bridgehead atoms. The van der Waals surface area contributed by atoms with Crippen molar-refractivity contribution in [2.45, 2.75) is 0 Å². The van der Waals surface area contributed by atoms with E-state index in [1.54, 1.807) is 4.40 Å². The lowest BCUT2D eigenvalue weighted by Gasteiger charge is -2.14. The smallest absolute Gasteiger partial charge is 0.264 e. The Balaban J connectivity index is 1.59. The third-order valence-electron chi connectivity index (χ3n) is 7.84. The van der Waals surface area contributed by atoms with Gasteiger partial charge in [0.15, 0.2) is 0 Å². The van der Waals surface area contributed by atoms with E-state index in [-0.39, 0.29) is 5.56 Å². The Hall–Kier alpha value is -4.99. The van der Waals surface area contributed by atoms with E-state index >= 15 is 0 Å². The van der Waals surface area contributed by atoms with Gasteiger partial charge in [-0.1, -0.05) is 121 Å². The Morgan fingerprint density at radius 1 is 0.525 bits per heavy atom. The Morgan fingerprint density at radius 2 is 1.05 bits per heavy atom. The standard InChI is InChI=1S/C36H21ClN2O/c37-30-21-20-28-31-29(19-16-25(32(30)31)22-10-4-1-5-11-22)36(40)39-34-27(24-14-8-3-9-15-24)18-17-26(33(34)38-35(28)39)23-12-6-2-7-13-23/h1-21H. The van der Waals surface area contributed by atoms with E-state index in [1.807, 2.05) is 78.9 Å². The number of nitrogens with zero attached hydrogens (tertiary/aromatic N) is 2. The SMILES string of the molecule is O=c1c2ccc(-c3ccccc3)c3c(Cl)ccc(c32)c2nc3c(-c4ccccc4)ccc(-c4ccccc4)c3n12. The number of benzene rings is 6. The number of hydrogen-bond donors (Lipinski definition) is 0. The Kier molecular flexibility index (Phi) is 5.03. The van der Waals surface area contributed by atoms with Gasteiger partial charge in [-0.05, 0) is 40.5 Å². The number of halogens is 1. The zero-order chi connectivity index (χ0) is 26.8. The minimum absolute atomic E-state index is 0.0979. The Morgan fingerprint density at radius 3 is 1.70 bits per heavy atom. The van der Waals surface area contributed by atoms with Crippen LogP contribution in [0.25, 0.3) is 71.6 Å². The lowest BCUT2D eigenvalue weighted by atomic mass is 9.94. The third-order valence-corrected chi connectivity index (χ3v) is 8.16. The van der Waals surface area contributed by atoms with E-state index in [0.717, 1.165) is 60.6 Å². The van der Waals surface area contributed by atoms with Crippen LogP contribution in [0.5, 0.6) is 0 Å². The molecule has 2 aromatic heterocycles. The summed E-state index contributed by atoms with van der Waals surface area (Å²) in [6, 6.07) is 42.7. The maximum absolute atomic E-state index is 14.4. The van der Waals surface area contributed by atoms with Gasteiger partial charge in [0.25, 0.3) is 5.56 Å². The summed E-state index contributed by atoms with van der Waals surface area (Å²) in [4.78, 5) is 19.7. The zero-order valence-electron chi connectivity index (χ0n) is 21.3. The monoisotopic (exact) mass is 532 g/mol. The fraction of sp³-hybridized carbons (Fsp3) is 0. The molecule has 40 heavy (non-hydrogen) atoms. The van der Waals surface area contributed by atoms with Crippen LogP contribution in [-0.4, -0.2) is 9.38 Å². The molecule has 0 N–H and O–H groups in total. The second kappa shape index (κ2) is 8.77. The van der Waals surface area contributed by atoms with E-state index in [1.165, 1.54) is 0 Å². The molecule has 0 spiro atoms. The van der Waals surface area contributed by atoms with E-state index in [4.69, 9.17) is 16.6 Å². The van der Waals surface area contributed by atoms with Crippen molar-refractivity contribution in [3.63, 3.8) is 0 Å². The summed E-state index contributed by atoms with van der Waals surface area (Å²) in [5.41, 5.74) is 8.26. The maximum Gasteiger partial charge on any atom is 0.264 e. The molecule has 2 heterocycles. The van der Waals surface area contributed by atoms with Crippen molar-refractivity contribution in [3.8, 4) is 33.4 Å². The summed E-state index contributed by atoms with van der Waals surface area (Å²) < 4.78 is 1.80. The van der Waals surface area contributed by atoms with E-state index in [0.29, 0.717) is 16.1 Å². The number of pyridine rings is 1. The van der Waals surface area contributed by atoms with Crippen LogP contribution in [0.15, 0.2) is 132 Å². The van der Waals surface area contributed by atoms with Crippen LogP contribution < -0.4 is 5.56 Å². The van der Waals surface area contributed by atoms with E-state index < -0.39 is 0 Å². The predicted molar refractivity (Wildman–Crippen MR) is 166 cm³/mol. The number of rotatable bonds is 3. The molecule has 0 fully saturated rings. The van der Waals surface area contributed by atoms with Crippen molar-refractivity contribution in [1.82, 2.24) is 9.38 Å². The van der Waals surface area contributed by atoms with Crippen molar-refractivity contribution in [1.29, 1.82) is 0 Å². The first-order valence-electron chi connectivity index (χ1n) is 13.2. The van der Waals surface area contributed by atoms with Gasteiger partial charge in [-0.15, -0.1) is 0 Å². The van der Waals surface area contributed by atoms with Gasteiger partial charge in [-0.25, -0.2) is 4.98 Å². The van der Waals surface area contributed by atoms with E-state index in [9.17, 15) is 4.79 Å². The molecule has 0 radical (unpaired) electrons. The highest BCUT2D eigenvalue weighted by Crippen LogP contribution is 2.42. The molecule has 0 aliphatic rings. The molecule has 0 aliphatic carbocycles. The molecule has 4 heteroatoms. The molecule has 8 aromatic rings. The van der Waals surface area contributed by atoms with E-state index in [2.05, 4.69) is 48.5 Å². The molecular formula is C36H21ClN2O. The van der Waals surface area contributed by atoms with Crippen molar-refractivity contribution < 1.29 is 0 Å². The predicted octanol–water partition coefficient (Wildman–Crippen LogP) is 9.25. The summed E-state index contributed by atoms with van der Waals surface area (Å²) >= 11 is 6.86. The average molecular weight is 533 g/mol. The van der Waals surface area contributed by atoms with Crippen LogP contribution >= 0.6 is 11.6 Å². The first kappa shape index (κ1) is 22.9.